The minimum absolute atomic E-state index is 0.0243. The van der Waals surface area contributed by atoms with E-state index in [1.165, 1.54) is 0 Å². The fraction of sp³-hybridized carbons (Fsp3) is 0.417. The summed E-state index contributed by atoms with van der Waals surface area (Å²) in [6.07, 6.45) is 0. The Morgan fingerprint density at radius 2 is 1.93 bits per heavy atom. The van der Waals surface area contributed by atoms with Crippen molar-refractivity contribution in [2.75, 3.05) is 14.2 Å². The summed E-state index contributed by atoms with van der Waals surface area (Å²) in [6.45, 7) is 1.84. The van der Waals surface area contributed by atoms with Crippen molar-refractivity contribution in [3.63, 3.8) is 0 Å². The summed E-state index contributed by atoms with van der Waals surface area (Å²) in [5, 5.41) is 0. The van der Waals surface area contributed by atoms with Gasteiger partial charge in [0.25, 0.3) is 5.91 Å². The highest BCUT2D eigenvalue weighted by Gasteiger charge is 2.56. The van der Waals surface area contributed by atoms with Crippen molar-refractivity contribution in [2.24, 2.45) is 0 Å². The van der Waals surface area contributed by atoms with Crippen molar-refractivity contribution in [3.05, 3.63) is 35.9 Å². The first-order valence-electron chi connectivity index (χ1n) is 4.98. The Bertz CT molecular complexity index is 376. The van der Waals surface area contributed by atoms with Crippen molar-refractivity contribution in [1.82, 2.24) is 4.90 Å². The summed E-state index contributed by atoms with van der Waals surface area (Å²) in [7, 11) is 3.39. The second kappa shape index (κ2) is 3.35. The van der Waals surface area contributed by atoms with Gasteiger partial charge in [-0.25, -0.2) is 0 Å². The van der Waals surface area contributed by atoms with Crippen molar-refractivity contribution < 1.29 is 9.53 Å². The number of methoxy groups -OCH3 is 1. The SMILES string of the molecule is CO[C@@]1(C)C(=O)N(C)[C@@H]1c1ccccc1. The van der Waals surface area contributed by atoms with Crippen LogP contribution in [0.15, 0.2) is 30.3 Å². The van der Waals surface area contributed by atoms with E-state index in [-0.39, 0.29) is 11.9 Å². The van der Waals surface area contributed by atoms with E-state index in [1.807, 2.05) is 37.3 Å². The number of likely N-dealkylation sites (N-methyl/N-ethyl adjacent to an activating group) is 1. The largest absolute Gasteiger partial charge is 0.366 e. The number of β-lactam (4-membered cyclic amide) rings is 1. The van der Waals surface area contributed by atoms with Crippen molar-refractivity contribution >= 4 is 5.91 Å². The molecule has 0 aromatic heterocycles. The van der Waals surface area contributed by atoms with Crippen LogP contribution < -0.4 is 0 Å². The third-order valence-corrected chi connectivity index (χ3v) is 3.19. The molecule has 0 bridgehead atoms. The summed E-state index contributed by atoms with van der Waals surface area (Å²) < 4.78 is 5.33. The lowest BCUT2D eigenvalue weighted by Gasteiger charge is -2.51. The van der Waals surface area contributed by atoms with E-state index >= 15 is 0 Å². The number of likely N-dealkylation sites (tertiary alicyclic amines) is 1. The molecule has 15 heavy (non-hydrogen) atoms. The number of hydrogen-bond acceptors (Lipinski definition) is 2. The maximum absolute atomic E-state index is 11.7. The topological polar surface area (TPSA) is 29.5 Å². The molecular formula is C12H15NO2. The minimum atomic E-state index is -0.698. The first-order chi connectivity index (χ1) is 7.11. The second-order valence-corrected chi connectivity index (χ2v) is 4.04. The fourth-order valence-corrected chi connectivity index (χ4v) is 2.26. The average Bonchev–Trinajstić information content (AvgIpc) is 2.29. The Morgan fingerprint density at radius 1 is 1.33 bits per heavy atom. The van der Waals surface area contributed by atoms with Gasteiger partial charge in [-0.2, -0.15) is 0 Å². The highest BCUT2D eigenvalue weighted by molar-refractivity contribution is 5.92. The lowest BCUT2D eigenvalue weighted by atomic mass is 9.80. The van der Waals surface area contributed by atoms with Crippen molar-refractivity contribution in [1.29, 1.82) is 0 Å². The predicted molar refractivity (Wildman–Crippen MR) is 57.4 cm³/mol. The first kappa shape index (κ1) is 10.2. The van der Waals surface area contributed by atoms with E-state index in [0.29, 0.717) is 0 Å². The molecule has 0 aliphatic carbocycles. The zero-order valence-electron chi connectivity index (χ0n) is 9.23. The van der Waals surface area contributed by atoms with Gasteiger partial charge in [0, 0.05) is 14.2 Å². The van der Waals surface area contributed by atoms with Crippen LogP contribution in [0.4, 0.5) is 0 Å². The minimum Gasteiger partial charge on any atom is -0.366 e. The smallest absolute Gasteiger partial charge is 0.257 e. The van der Waals surface area contributed by atoms with Gasteiger partial charge >= 0.3 is 0 Å². The number of amides is 1. The molecule has 1 aliphatic rings. The van der Waals surface area contributed by atoms with Crippen LogP contribution in [0.3, 0.4) is 0 Å². The van der Waals surface area contributed by atoms with Crippen molar-refractivity contribution in [3.8, 4) is 0 Å². The first-order valence-corrected chi connectivity index (χ1v) is 4.98. The number of hydrogen-bond donors (Lipinski definition) is 0. The molecule has 80 valence electrons. The zero-order valence-corrected chi connectivity index (χ0v) is 9.23. The number of nitrogens with zero attached hydrogens (tertiary/aromatic N) is 1. The van der Waals surface area contributed by atoms with Crippen LogP contribution in [0.25, 0.3) is 0 Å². The molecule has 0 saturated carbocycles. The number of carbonyl (C=O) groups is 1. The summed E-state index contributed by atoms with van der Waals surface area (Å²) in [6, 6.07) is 9.98. The molecule has 2 rings (SSSR count). The molecule has 1 amide bonds. The van der Waals surface area contributed by atoms with Gasteiger partial charge in [0.1, 0.15) is 0 Å². The Balaban J connectivity index is 2.34. The average molecular weight is 205 g/mol. The summed E-state index contributed by atoms with van der Waals surface area (Å²) in [4.78, 5) is 13.4. The van der Waals surface area contributed by atoms with Gasteiger partial charge in [0.2, 0.25) is 0 Å². The van der Waals surface area contributed by atoms with Crippen LogP contribution in [-0.4, -0.2) is 30.6 Å². The van der Waals surface area contributed by atoms with E-state index in [2.05, 4.69) is 0 Å². The maximum atomic E-state index is 11.7. The summed E-state index contributed by atoms with van der Waals surface area (Å²) in [5.41, 5.74) is 0.416. The molecule has 1 aromatic rings. The molecule has 2 atom stereocenters. The number of ether oxygens (including phenoxy) is 1. The van der Waals surface area contributed by atoms with Crippen LogP contribution in [0.2, 0.25) is 0 Å². The van der Waals surface area contributed by atoms with Crippen LogP contribution in [-0.2, 0) is 9.53 Å². The molecule has 1 aromatic carbocycles. The lowest BCUT2D eigenvalue weighted by molar-refractivity contribution is -0.191. The molecule has 3 heteroatoms. The van der Waals surface area contributed by atoms with Gasteiger partial charge in [-0.3, -0.25) is 4.79 Å². The summed E-state index contributed by atoms with van der Waals surface area (Å²) in [5.74, 6) is 0.0406. The molecule has 1 saturated heterocycles. The lowest BCUT2D eigenvalue weighted by Crippen LogP contribution is -2.66. The Hall–Kier alpha value is -1.35. The van der Waals surface area contributed by atoms with Gasteiger partial charge in [0.15, 0.2) is 5.60 Å². The Labute approximate surface area is 89.7 Å². The van der Waals surface area contributed by atoms with Gasteiger partial charge in [-0.05, 0) is 12.5 Å². The monoisotopic (exact) mass is 205 g/mol. The highest BCUT2D eigenvalue weighted by atomic mass is 16.5. The molecule has 1 aliphatic heterocycles. The number of benzene rings is 1. The maximum Gasteiger partial charge on any atom is 0.257 e. The Morgan fingerprint density at radius 3 is 2.47 bits per heavy atom. The fourth-order valence-electron chi connectivity index (χ4n) is 2.26. The molecule has 1 heterocycles. The molecular weight excluding hydrogens is 190 g/mol. The van der Waals surface area contributed by atoms with E-state index in [9.17, 15) is 4.79 Å². The number of carbonyl (C=O) groups excluding carboxylic acids is 1. The van der Waals surface area contributed by atoms with E-state index < -0.39 is 5.60 Å². The predicted octanol–water partition coefficient (Wildman–Crippen LogP) is 1.60. The molecule has 0 radical (unpaired) electrons. The van der Waals surface area contributed by atoms with Gasteiger partial charge < -0.3 is 9.64 Å². The highest BCUT2D eigenvalue weighted by Crippen LogP contribution is 2.43. The van der Waals surface area contributed by atoms with Gasteiger partial charge in [-0.15, -0.1) is 0 Å². The molecule has 0 N–H and O–H groups in total. The second-order valence-electron chi connectivity index (χ2n) is 4.04. The van der Waals surface area contributed by atoms with Crippen LogP contribution in [0.5, 0.6) is 0 Å². The quantitative estimate of drug-likeness (QED) is 0.686. The third-order valence-electron chi connectivity index (χ3n) is 3.19. The Kier molecular flexibility index (Phi) is 2.27. The third kappa shape index (κ3) is 1.27. The molecule has 0 spiro atoms. The normalized spacial score (nSPS) is 30.2. The van der Waals surface area contributed by atoms with Crippen LogP contribution in [0.1, 0.15) is 18.5 Å². The standard InChI is InChI=1S/C12H15NO2/c1-12(15-3)10(13(2)11(12)14)9-7-5-4-6-8-9/h4-8,10H,1-3H3/t10-,12-/m1/s1. The molecule has 3 nitrogen and oxygen atoms in total. The van der Waals surface area contributed by atoms with E-state index in [0.717, 1.165) is 5.56 Å². The van der Waals surface area contributed by atoms with E-state index in [4.69, 9.17) is 4.74 Å². The number of rotatable bonds is 2. The summed E-state index contributed by atoms with van der Waals surface area (Å²) >= 11 is 0. The van der Waals surface area contributed by atoms with Crippen LogP contribution in [0, 0.1) is 0 Å². The van der Waals surface area contributed by atoms with Crippen LogP contribution >= 0.6 is 0 Å². The molecule has 0 unspecified atom stereocenters. The van der Waals surface area contributed by atoms with E-state index in [1.54, 1.807) is 19.1 Å². The van der Waals surface area contributed by atoms with Gasteiger partial charge in [-0.1, -0.05) is 30.3 Å². The molecule has 1 fully saturated rings. The van der Waals surface area contributed by atoms with Gasteiger partial charge in [0.05, 0.1) is 6.04 Å². The zero-order chi connectivity index (χ0) is 11.1. The van der Waals surface area contributed by atoms with Crippen molar-refractivity contribution in [2.45, 2.75) is 18.6 Å².